The molecule has 0 spiro atoms. The molecule has 3 aliphatic carbocycles. The van der Waals surface area contributed by atoms with Crippen molar-refractivity contribution in [3.8, 4) is 51.7 Å². The third-order valence-electron chi connectivity index (χ3n) is 14.0. The zero-order chi connectivity index (χ0) is 47.2. The molecule has 7 atom stereocenters. The third-order valence-corrected chi connectivity index (χ3v) is 15.3. The van der Waals surface area contributed by atoms with Gasteiger partial charge in [-0.1, -0.05) is 78.9 Å². The number of hydrogen-bond donors (Lipinski definition) is 14. The first kappa shape index (κ1) is 41.8. The number of phenolic OH excluding ortho intramolecular Hbond substituents is 9. The van der Waals surface area contributed by atoms with Crippen molar-refractivity contribution in [1.82, 2.24) is 25.3 Å². The van der Waals surface area contributed by atoms with Crippen molar-refractivity contribution < 1.29 is 56.2 Å². The van der Waals surface area contributed by atoms with Crippen molar-refractivity contribution in [2.75, 3.05) is 0 Å². The van der Waals surface area contributed by atoms with Gasteiger partial charge >= 0.3 is 0 Å². The van der Waals surface area contributed by atoms with Crippen LogP contribution >= 0.6 is 11.3 Å². The number of thiophene rings is 1. The van der Waals surface area contributed by atoms with E-state index in [-0.39, 0.29) is 49.4 Å². The zero-order valence-corrected chi connectivity index (χ0v) is 36.6. The molecule has 4 heterocycles. The van der Waals surface area contributed by atoms with Gasteiger partial charge in [0.05, 0.1) is 67.2 Å². The smallest absolute Gasteiger partial charge is 0.201 e. The van der Waals surface area contributed by atoms with E-state index in [1.807, 2.05) is 82.0 Å². The number of nitrogens with one attached hydrogen (secondary N) is 3. The fourth-order valence-electron chi connectivity index (χ4n) is 10.9. The molecule has 1 fully saturated rings. The lowest BCUT2D eigenvalue weighted by molar-refractivity contribution is 0.0477. The van der Waals surface area contributed by atoms with E-state index in [4.69, 9.17) is 0 Å². The van der Waals surface area contributed by atoms with E-state index >= 15 is 0 Å². The minimum Gasteiger partial charge on any atom is -0.508 e. The summed E-state index contributed by atoms with van der Waals surface area (Å²) in [5, 5.41) is 130. The maximum Gasteiger partial charge on any atom is 0.201 e. The molecule has 16 nitrogen and oxygen atoms in total. The van der Waals surface area contributed by atoms with Gasteiger partial charge in [-0.3, -0.25) is 5.32 Å². The summed E-state index contributed by atoms with van der Waals surface area (Å²) < 4.78 is 4.34. The van der Waals surface area contributed by atoms with Crippen molar-refractivity contribution in [1.29, 1.82) is 0 Å². The predicted octanol–water partition coefficient (Wildman–Crippen LogP) is 5.75. The molecule has 12 rings (SSSR count). The molecule has 1 saturated heterocycles. The molecule has 0 saturated carbocycles. The molecule has 18 heteroatoms. The molecule has 1 aliphatic heterocycles. The van der Waals surface area contributed by atoms with Crippen molar-refractivity contribution in [3.05, 3.63) is 125 Å². The Kier molecular flexibility index (Phi) is 9.20. The van der Waals surface area contributed by atoms with Gasteiger partial charge in [0.15, 0.2) is 34.5 Å². The van der Waals surface area contributed by atoms with E-state index in [0.29, 0.717) is 49.8 Å². The number of phenols is 9. The van der Waals surface area contributed by atoms with Gasteiger partial charge in [-0.25, -0.2) is 10.9 Å². The van der Waals surface area contributed by atoms with Crippen molar-refractivity contribution in [2.24, 2.45) is 0 Å². The highest BCUT2D eigenvalue weighted by atomic mass is 32.1. The minimum atomic E-state index is -1.48. The molecule has 4 aliphatic rings. The summed E-state index contributed by atoms with van der Waals surface area (Å²) in [5.74, 6) is -5.84. The minimum absolute atomic E-state index is 0.0109. The molecule has 0 bridgehead atoms. The van der Waals surface area contributed by atoms with Gasteiger partial charge in [0.1, 0.15) is 31.6 Å². The standard InChI is InChI=1S/C50H42BN5O11S/c51-38-34-32-25(13-14-27(57)41(32)62)56(39(34)40-35(45(38)66)33-26(17-29(59)44(65)46(33)67)55(40)21-9-5-2-6-10-21)24-12-11-20(50-52-49(53-54-50)19-7-3-1-4-8-19)15-22(24)23-16-28(58)42(63)36-37-43(64)30(60)18-31(61)48(37)68-47(23)36/h1-9,11-18,21-22,24,27,41,49-50,52-54,57-67H,10,51H2. The van der Waals surface area contributed by atoms with Crippen LogP contribution in [0.15, 0.2) is 103 Å². The Morgan fingerprint density at radius 2 is 1.34 bits per heavy atom. The number of hydrazine groups is 1. The molecule has 8 aromatic rings. The topological polar surface area (TPSA) is 268 Å². The van der Waals surface area contributed by atoms with Crippen LogP contribution in [0.3, 0.4) is 0 Å². The molecule has 7 unspecified atom stereocenters. The number of aromatic hydroxyl groups is 9. The van der Waals surface area contributed by atoms with E-state index in [9.17, 15) is 56.2 Å². The van der Waals surface area contributed by atoms with Crippen molar-refractivity contribution in [2.45, 2.75) is 49.0 Å². The highest BCUT2D eigenvalue weighted by Gasteiger charge is 2.40. The van der Waals surface area contributed by atoms with Crippen molar-refractivity contribution in [3.63, 3.8) is 0 Å². The predicted molar refractivity (Wildman–Crippen MR) is 261 cm³/mol. The molecule has 342 valence electrons. The molecule has 0 radical (unpaired) electrons. The summed E-state index contributed by atoms with van der Waals surface area (Å²) in [7, 11) is 1.66. The van der Waals surface area contributed by atoms with Gasteiger partial charge in [-0.05, 0) is 40.7 Å². The first-order chi connectivity index (χ1) is 32.7. The second-order valence-electron chi connectivity index (χ2n) is 17.7. The number of allylic oxidation sites excluding steroid dienone is 6. The van der Waals surface area contributed by atoms with E-state index < -0.39 is 76.6 Å². The lowest BCUT2D eigenvalue weighted by atomic mass is 9.83. The Morgan fingerprint density at radius 3 is 2.09 bits per heavy atom. The zero-order valence-electron chi connectivity index (χ0n) is 35.8. The van der Waals surface area contributed by atoms with Gasteiger partial charge < -0.3 is 65.3 Å². The summed E-state index contributed by atoms with van der Waals surface area (Å²) >= 11 is 1.04. The SMILES string of the molecule is Bc1c(O)c2c3c(O)c(O)c(O)cc3n(C3C=CC=CC3)c2c2c1c1c(n2C2C=CC(C3NNC(c4ccccc4)N3)=CC2c2cc(O)c(O)c3c2sc2c(O)cc(O)c(O)c23)C=CC(O)C1O. The van der Waals surface area contributed by atoms with Crippen LogP contribution in [-0.4, -0.2) is 85.4 Å². The normalized spacial score (nSPS) is 23.5. The number of hydrogen-bond acceptors (Lipinski definition) is 15. The highest BCUT2D eigenvalue weighted by molar-refractivity contribution is 7.26. The summed E-state index contributed by atoms with van der Waals surface area (Å²) in [6.45, 7) is 0. The lowest BCUT2D eigenvalue weighted by Crippen LogP contribution is -2.36. The molecule has 5 aromatic carbocycles. The highest BCUT2D eigenvalue weighted by Crippen LogP contribution is 2.57. The van der Waals surface area contributed by atoms with Crippen LogP contribution in [0.5, 0.6) is 51.7 Å². The Bertz CT molecular complexity index is 3680. The number of aliphatic hydroxyl groups excluding tert-OH is 2. The van der Waals surface area contributed by atoms with Gasteiger partial charge in [0, 0.05) is 39.4 Å². The molecule has 68 heavy (non-hydrogen) atoms. The maximum absolute atomic E-state index is 12.4. The molecular weight excluding hydrogens is 889 g/mol. The average molecular weight is 932 g/mol. The van der Waals surface area contributed by atoms with Gasteiger partial charge in [0.25, 0.3) is 0 Å². The number of aromatic nitrogens is 2. The Labute approximate surface area is 389 Å². The van der Waals surface area contributed by atoms with Crippen LogP contribution in [0.2, 0.25) is 0 Å². The molecular formula is C50H42BN5O11S. The summed E-state index contributed by atoms with van der Waals surface area (Å²) in [4.78, 5) is 0. The van der Waals surface area contributed by atoms with Crippen molar-refractivity contribution >= 4 is 83.6 Å². The number of aliphatic hydroxyl groups is 2. The van der Waals surface area contributed by atoms with E-state index in [1.54, 1.807) is 13.9 Å². The first-order valence-corrected chi connectivity index (χ1v) is 22.7. The summed E-state index contributed by atoms with van der Waals surface area (Å²) in [5.41, 5.74) is 11.0. The summed E-state index contributed by atoms with van der Waals surface area (Å²) in [6.07, 6.45) is 13.5. The first-order valence-electron chi connectivity index (χ1n) is 21.9. The number of benzene rings is 5. The number of fused-ring (bicyclic) bond motifs is 10. The van der Waals surface area contributed by atoms with E-state index in [1.165, 1.54) is 18.2 Å². The van der Waals surface area contributed by atoms with Crippen LogP contribution in [0.4, 0.5) is 0 Å². The van der Waals surface area contributed by atoms with Gasteiger partial charge in [0.2, 0.25) is 5.75 Å². The molecule has 14 N–H and O–H groups in total. The Hall–Kier alpha value is -7.58. The second kappa shape index (κ2) is 15.0. The lowest BCUT2D eigenvalue weighted by Gasteiger charge is -2.33. The van der Waals surface area contributed by atoms with Crippen LogP contribution < -0.4 is 21.6 Å². The fourth-order valence-corrected chi connectivity index (χ4v) is 12.2. The van der Waals surface area contributed by atoms with E-state index in [2.05, 4.69) is 16.2 Å². The largest absolute Gasteiger partial charge is 0.508 e. The monoisotopic (exact) mass is 931 g/mol. The molecule has 0 amide bonds. The maximum atomic E-state index is 12.4. The van der Waals surface area contributed by atoms with Crippen LogP contribution in [0.25, 0.3) is 59.0 Å². The third kappa shape index (κ3) is 5.73. The Morgan fingerprint density at radius 1 is 0.632 bits per heavy atom. The fraction of sp³-hybridized carbons (Fsp3) is 0.160. The molecule has 3 aromatic heterocycles. The Balaban J connectivity index is 1.20. The summed E-state index contributed by atoms with van der Waals surface area (Å²) in [6, 6.07) is 12.3. The van der Waals surface area contributed by atoms with Crippen LogP contribution in [0, 0.1) is 0 Å². The second-order valence-corrected chi connectivity index (χ2v) is 18.8. The number of nitrogens with zero attached hydrogens (tertiary/aromatic N) is 2. The number of rotatable bonds is 5. The van der Waals surface area contributed by atoms with Crippen LogP contribution in [-0.2, 0) is 0 Å². The van der Waals surface area contributed by atoms with Gasteiger partial charge in [-0.2, -0.15) is 0 Å². The van der Waals surface area contributed by atoms with Crippen LogP contribution in [0.1, 0.15) is 59.1 Å². The quantitative estimate of drug-likeness (QED) is 0.0557. The van der Waals surface area contributed by atoms with Gasteiger partial charge in [-0.15, -0.1) is 11.3 Å². The average Bonchev–Trinajstić information content (AvgIpc) is 4.14. The van der Waals surface area contributed by atoms with E-state index in [0.717, 1.165) is 28.5 Å².